The minimum Gasteiger partial charge on any atom is -0.482 e. The zero-order valence-corrected chi connectivity index (χ0v) is 18.0. The summed E-state index contributed by atoms with van der Waals surface area (Å²) in [5, 5.41) is 20.7. The summed E-state index contributed by atoms with van der Waals surface area (Å²) in [5.74, 6) is 1.78. The van der Waals surface area contributed by atoms with Crippen molar-refractivity contribution < 1.29 is 9.53 Å². The van der Waals surface area contributed by atoms with E-state index in [0.717, 1.165) is 36.1 Å². The number of rotatable bonds is 6. The first-order chi connectivity index (χ1) is 15.6. The Bertz CT molecular complexity index is 1100. The van der Waals surface area contributed by atoms with Crippen molar-refractivity contribution in [1.29, 1.82) is 5.26 Å². The molecular weight excluding hydrogens is 402 g/mol. The number of amides is 1. The van der Waals surface area contributed by atoms with Gasteiger partial charge in [0.2, 0.25) is 0 Å². The van der Waals surface area contributed by atoms with E-state index >= 15 is 0 Å². The molecule has 0 aliphatic carbocycles. The minimum atomic E-state index is -0.300. The zero-order valence-electron chi connectivity index (χ0n) is 18.0. The third-order valence-corrected chi connectivity index (χ3v) is 5.59. The van der Waals surface area contributed by atoms with Gasteiger partial charge in [0.15, 0.2) is 12.4 Å². The Hall–Kier alpha value is -3.92. The van der Waals surface area contributed by atoms with Crippen molar-refractivity contribution in [2.45, 2.75) is 19.8 Å². The number of ether oxygens (including phenoxy) is 1. The van der Waals surface area contributed by atoms with Gasteiger partial charge in [-0.25, -0.2) is 0 Å². The number of nitriles is 1. The van der Waals surface area contributed by atoms with E-state index in [0.29, 0.717) is 17.0 Å². The fourth-order valence-electron chi connectivity index (χ4n) is 3.64. The Morgan fingerprint density at radius 3 is 2.53 bits per heavy atom. The molecule has 7 nitrogen and oxygen atoms in total. The highest BCUT2D eigenvalue weighted by Gasteiger charge is 2.17. The van der Waals surface area contributed by atoms with E-state index in [1.54, 1.807) is 24.3 Å². The van der Waals surface area contributed by atoms with Gasteiger partial charge in [-0.3, -0.25) is 4.79 Å². The van der Waals surface area contributed by atoms with Gasteiger partial charge < -0.3 is 15.0 Å². The molecule has 1 aliphatic heterocycles. The van der Waals surface area contributed by atoms with Crippen molar-refractivity contribution in [2.24, 2.45) is 5.92 Å². The van der Waals surface area contributed by atoms with Gasteiger partial charge in [-0.2, -0.15) is 5.26 Å². The molecule has 1 aromatic heterocycles. The Kier molecular flexibility index (Phi) is 6.61. The van der Waals surface area contributed by atoms with E-state index < -0.39 is 0 Å². The number of anilines is 2. The lowest BCUT2D eigenvalue weighted by atomic mass is 9.99. The van der Waals surface area contributed by atoms with Crippen LogP contribution in [0.25, 0.3) is 11.3 Å². The van der Waals surface area contributed by atoms with Crippen LogP contribution in [0.5, 0.6) is 5.75 Å². The predicted octanol–water partition coefficient (Wildman–Crippen LogP) is 4.27. The monoisotopic (exact) mass is 427 g/mol. The van der Waals surface area contributed by atoms with E-state index in [2.05, 4.69) is 27.3 Å². The normalized spacial score (nSPS) is 13.9. The first-order valence-corrected chi connectivity index (χ1v) is 10.7. The molecule has 32 heavy (non-hydrogen) atoms. The smallest absolute Gasteiger partial charge is 0.262 e. The zero-order chi connectivity index (χ0) is 22.3. The molecule has 1 amide bonds. The van der Waals surface area contributed by atoms with Crippen LogP contribution in [0.2, 0.25) is 0 Å². The molecule has 0 bridgehead atoms. The highest BCUT2D eigenvalue weighted by molar-refractivity contribution is 5.92. The summed E-state index contributed by atoms with van der Waals surface area (Å²) in [7, 11) is 0. The van der Waals surface area contributed by atoms with Gasteiger partial charge in [-0.05, 0) is 55.2 Å². The second-order valence-electron chi connectivity index (χ2n) is 7.97. The van der Waals surface area contributed by atoms with Crippen LogP contribution in [0, 0.1) is 17.2 Å². The summed E-state index contributed by atoms with van der Waals surface area (Å²) in [6, 6.07) is 20.3. The molecule has 4 rings (SSSR count). The highest BCUT2D eigenvalue weighted by Crippen LogP contribution is 2.24. The molecule has 0 saturated carbocycles. The number of para-hydroxylation sites is 1. The molecule has 7 heteroatoms. The van der Waals surface area contributed by atoms with Crippen LogP contribution in [0.1, 0.15) is 25.3 Å². The summed E-state index contributed by atoms with van der Waals surface area (Å²) in [5.41, 5.74) is 2.76. The number of carbonyl (C=O) groups excluding carboxylic acids is 1. The third kappa shape index (κ3) is 5.22. The van der Waals surface area contributed by atoms with Gasteiger partial charge in [-0.15, -0.1) is 10.2 Å². The number of aromatic nitrogens is 2. The molecule has 2 aromatic carbocycles. The van der Waals surface area contributed by atoms with E-state index in [9.17, 15) is 4.79 Å². The number of hydrogen-bond donors (Lipinski definition) is 1. The largest absolute Gasteiger partial charge is 0.482 e. The van der Waals surface area contributed by atoms with Crippen LogP contribution in [0.15, 0.2) is 60.7 Å². The summed E-state index contributed by atoms with van der Waals surface area (Å²) >= 11 is 0. The van der Waals surface area contributed by atoms with Gasteiger partial charge in [0.25, 0.3) is 5.91 Å². The van der Waals surface area contributed by atoms with Crippen molar-refractivity contribution in [3.05, 3.63) is 66.2 Å². The van der Waals surface area contributed by atoms with Gasteiger partial charge >= 0.3 is 0 Å². The second kappa shape index (κ2) is 9.92. The summed E-state index contributed by atoms with van der Waals surface area (Å²) in [6.45, 7) is 4.16. The molecule has 1 N–H and O–H groups in total. The minimum absolute atomic E-state index is 0.178. The Morgan fingerprint density at radius 1 is 1.09 bits per heavy atom. The number of hydrogen-bond acceptors (Lipinski definition) is 6. The number of benzene rings is 2. The maximum Gasteiger partial charge on any atom is 0.262 e. The van der Waals surface area contributed by atoms with Crippen molar-refractivity contribution >= 4 is 17.4 Å². The van der Waals surface area contributed by atoms with Crippen LogP contribution < -0.4 is 15.0 Å². The van der Waals surface area contributed by atoms with Gasteiger partial charge in [-0.1, -0.05) is 31.2 Å². The number of carbonyl (C=O) groups is 1. The molecule has 0 radical (unpaired) electrons. The van der Waals surface area contributed by atoms with Crippen LogP contribution in [-0.2, 0) is 4.79 Å². The molecule has 0 atom stereocenters. The van der Waals surface area contributed by atoms with Crippen molar-refractivity contribution in [1.82, 2.24) is 10.2 Å². The van der Waals surface area contributed by atoms with E-state index in [-0.39, 0.29) is 12.5 Å². The maximum absolute atomic E-state index is 12.2. The average molecular weight is 428 g/mol. The third-order valence-electron chi connectivity index (χ3n) is 5.59. The van der Waals surface area contributed by atoms with Crippen molar-refractivity contribution in [2.75, 3.05) is 29.9 Å². The molecule has 0 spiro atoms. The van der Waals surface area contributed by atoms with Gasteiger partial charge in [0.05, 0.1) is 11.3 Å². The summed E-state index contributed by atoms with van der Waals surface area (Å²) in [4.78, 5) is 14.5. The molecule has 1 aliphatic rings. The lowest BCUT2D eigenvalue weighted by Crippen LogP contribution is -2.33. The lowest BCUT2D eigenvalue weighted by Gasteiger charge is -2.30. The molecule has 1 fully saturated rings. The molecule has 1 saturated heterocycles. The first-order valence-electron chi connectivity index (χ1n) is 10.7. The Labute approximate surface area is 187 Å². The van der Waals surface area contributed by atoms with Crippen LogP contribution in [0.3, 0.4) is 0 Å². The topological polar surface area (TPSA) is 91.1 Å². The average Bonchev–Trinajstić information content (AvgIpc) is 2.84. The molecule has 0 unspecified atom stereocenters. The Balaban J connectivity index is 1.33. The van der Waals surface area contributed by atoms with Crippen molar-refractivity contribution in [3.8, 4) is 23.1 Å². The standard InChI is InChI=1S/C25H25N5O2/c1-18-12-14-30(15-13-18)24-11-10-22(28-29-24)19-6-8-21(9-7-19)27-25(31)17-32-23-5-3-2-4-20(23)16-26/h2-11,18H,12-15,17H2,1H3,(H,27,31). The van der Waals surface area contributed by atoms with Gasteiger partial charge in [0, 0.05) is 24.3 Å². The molecule has 162 valence electrons. The van der Waals surface area contributed by atoms with E-state index in [1.165, 1.54) is 12.8 Å². The predicted molar refractivity (Wildman–Crippen MR) is 123 cm³/mol. The number of piperidine rings is 1. The Morgan fingerprint density at radius 2 is 1.84 bits per heavy atom. The fourth-order valence-corrected chi connectivity index (χ4v) is 3.64. The number of nitrogens with zero attached hydrogens (tertiary/aromatic N) is 4. The SMILES string of the molecule is CC1CCN(c2ccc(-c3ccc(NC(=O)COc4ccccc4C#N)cc3)nn2)CC1. The van der Waals surface area contributed by atoms with E-state index in [1.807, 2.05) is 42.5 Å². The fraction of sp³-hybridized carbons (Fsp3) is 0.280. The van der Waals surface area contributed by atoms with Crippen LogP contribution >= 0.6 is 0 Å². The second-order valence-corrected chi connectivity index (χ2v) is 7.97. The van der Waals surface area contributed by atoms with Crippen LogP contribution in [0.4, 0.5) is 11.5 Å². The van der Waals surface area contributed by atoms with Crippen molar-refractivity contribution in [3.63, 3.8) is 0 Å². The quantitative estimate of drug-likeness (QED) is 0.632. The van der Waals surface area contributed by atoms with Crippen LogP contribution in [-0.4, -0.2) is 35.8 Å². The molecule has 2 heterocycles. The summed E-state index contributed by atoms with van der Waals surface area (Å²) in [6.07, 6.45) is 2.37. The van der Waals surface area contributed by atoms with E-state index in [4.69, 9.17) is 10.00 Å². The lowest BCUT2D eigenvalue weighted by molar-refractivity contribution is -0.118. The molecular formula is C25H25N5O2. The maximum atomic E-state index is 12.2. The molecule has 3 aromatic rings. The number of nitrogens with one attached hydrogen (secondary N) is 1. The first kappa shape index (κ1) is 21.3. The summed E-state index contributed by atoms with van der Waals surface area (Å²) < 4.78 is 5.47. The van der Waals surface area contributed by atoms with Gasteiger partial charge in [0.1, 0.15) is 11.8 Å². The highest BCUT2D eigenvalue weighted by atomic mass is 16.5.